The van der Waals surface area contributed by atoms with E-state index in [2.05, 4.69) is 9.97 Å². The van der Waals surface area contributed by atoms with E-state index in [9.17, 15) is 4.79 Å². The van der Waals surface area contributed by atoms with Crippen LogP contribution in [0.1, 0.15) is 17.4 Å². The van der Waals surface area contributed by atoms with Crippen molar-refractivity contribution in [2.75, 3.05) is 6.61 Å². The lowest BCUT2D eigenvalue weighted by molar-refractivity contribution is 0.0684. The van der Waals surface area contributed by atoms with Gasteiger partial charge in [0.15, 0.2) is 0 Å². The maximum absolute atomic E-state index is 10.5. The van der Waals surface area contributed by atoms with E-state index in [1.807, 2.05) is 0 Å². The molecule has 0 aliphatic carbocycles. The average molecular weight is 168 g/mol. The first-order valence-electron chi connectivity index (χ1n) is 3.42. The third-order valence-electron chi connectivity index (χ3n) is 1.15. The topological polar surface area (TPSA) is 72.3 Å². The summed E-state index contributed by atoms with van der Waals surface area (Å²) in [5.74, 6) is -1.07. The Balaban J connectivity index is 3.00. The molecule has 1 aromatic heterocycles. The molecule has 0 aliphatic rings. The van der Waals surface area contributed by atoms with Crippen molar-refractivity contribution >= 4 is 5.97 Å². The standard InChI is InChI=1S/C7H8N2O3/c1-2-12-6-5(7(10)11)8-3-4-9-6/h3-4H,2H2,1H3,(H,10,11). The summed E-state index contributed by atoms with van der Waals surface area (Å²) in [6, 6.07) is 0. The normalized spacial score (nSPS) is 9.42. The molecule has 64 valence electrons. The summed E-state index contributed by atoms with van der Waals surface area (Å²) in [7, 11) is 0. The van der Waals surface area contributed by atoms with E-state index in [-0.39, 0.29) is 11.6 Å². The van der Waals surface area contributed by atoms with Gasteiger partial charge in [0.25, 0.3) is 0 Å². The minimum Gasteiger partial charge on any atom is -0.476 e. The highest BCUT2D eigenvalue weighted by atomic mass is 16.5. The lowest BCUT2D eigenvalue weighted by Gasteiger charge is -2.02. The van der Waals surface area contributed by atoms with Gasteiger partial charge < -0.3 is 9.84 Å². The number of hydrogen-bond donors (Lipinski definition) is 1. The molecule has 0 saturated heterocycles. The molecule has 0 bridgehead atoms. The van der Waals surface area contributed by atoms with Crippen LogP contribution in [0, 0.1) is 0 Å². The van der Waals surface area contributed by atoms with Gasteiger partial charge in [0.05, 0.1) is 6.61 Å². The number of hydrogen-bond acceptors (Lipinski definition) is 4. The number of ether oxygens (including phenoxy) is 1. The Hall–Kier alpha value is -1.65. The summed E-state index contributed by atoms with van der Waals surface area (Å²) >= 11 is 0. The van der Waals surface area contributed by atoms with Gasteiger partial charge in [-0.05, 0) is 6.92 Å². The van der Waals surface area contributed by atoms with Gasteiger partial charge in [0.2, 0.25) is 11.6 Å². The molecule has 0 aromatic carbocycles. The van der Waals surface area contributed by atoms with Crippen molar-refractivity contribution in [2.24, 2.45) is 0 Å². The molecule has 1 aromatic rings. The lowest BCUT2D eigenvalue weighted by atomic mass is 10.4. The van der Waals surface area contributed by atoms with Crippen LogP contribution in [-0.2, 0) is 0 Å². The van der Waals surface area contributed by atoms with Crippen LogP contribution in [0.3, 0.4) is 0 Å². The quantitative estimate of drug-likeness (QED) is 0.714. The fourth-order valence-electron chi connectivity index (χ4n) is 0.714. The molecule has 0 amide bonds. The molecule has 0 aliphatic heterocycles. The Morgan fingerprint density at radius 3 is 2.83 bits per heavy atom. The second-order valence-electron chi connectivity index (χ2n) is 1.95. The van der Waals surface area contributed by atoms with Crippen molar-refractivity contribution in [1.29, 1.82) is 0 Å². The molecule has 0 atom stereocenters. The van der Waals surface area contributed by atoms with Gasteiger partial charge in [0, 0.05) is 12.4 Å². The fraction of sp³-hybridized carbons (Fsp3) is 0.286. The van der Waals surface area contributed by atoms with Crippen molar-refractivity contribution in [3.63, 3.8) is 0 Å². The van der Waals surface area contributed by atoms with Crippen molar-refractivity contribution < 1.29 is 14.6 Å². The number of aromatic nitrogens is 2. The van der Waals surface area contributed by atoms with Crippen molar-refractivity contribution in [2.45, 2.75) is 6.92 Å². The predicted octanol–water partition coefficient (Wildman–Crippen LogP) is 0.573. The molecule has 1 heterocycles. The lowest BCUT2D eigenvalue weighted by Crippen LogP contribution is -2.06. The zero-order chi connectivity index (χ0) is 8.97. The van der Waals surface area contributed by atoms with Crippen LogP contribution in [0.25, 0.3) is 0 Å². The molecule has 0 saturated carbocycles. The zero-order valence-electron chi connectivity index (χ0n) is 6.52. The molecule has 0 radical (unpaired) electrons. The highest BCUT2D eigenvalue weighted by Crippen LogP contribution is 2.10. The van der Waals surface area contributed by atoms with Gasteiger partial charge in [-0.2, -0.15) is 0 Å². The largest absolute Gasteiger partial charge is 0.476 e. The van der Waals surface area contributed by atoms with E-state index >= 15 is 0 Å². The van der Waals surface area contributed by atoms with Crippen LogP contribution < -0.4 is 4.74 Å². The smallest absolute Gasteiger partial charge is 0.360 e. The summed E-state index contributed by atoms with van der Waals surface area (Å²) in [6.07, 6.45) is 2.70. The van der Waals surface area contributed by atoms with Crippen LogP contribution in [0.2, 0.25) is 0 Å². The molecular formula is C7H8N2O3. The SMILES string of the molecule is CCOc1nccnc1C(=O)O. The summed E-state index contributed by atoms with van der Waals surface area (Å²) in [4.78, 5) is 17.8. The summed E-state index contributed by atoms with van der Waals surface area (Å²) in [6.45, 7) is 2.12. The molecular weight excluding hydrogens is 160 g/mol. The number of nitrogens with zero attached hydrogens (tertiary/aromatic N) is 2. The minimum absolute atomic E-state index is 0.0625. The molecule has 12 heavy (non-hydrogen) atoms. The minimum atomic E-state index is -1.13. The number of carbonyl (C=O) groups is 1. The van der Waals surface area contributed by atoms with Crippen LogP contribution in [-0.4, -0.2) is 27.7 Å². The van der Waals surface area contributed by atoms with E-state index in [1.54, 1.807) is 6.92 Å². The third-order valence-corrected chi connectivity index (χ3v) is 1.15. The molecule has 5 nitrogen and oxygen atoms in total. The summed E-state index contributed by atoms with van der Waals surface area (Å²) in [5.41, 5.74) is -0.153. The third kappa shape index (κ3) is 1.69. The van der Waals surface area contributed by atoms with Gasteiger partial charge in [0.1, 0.15) is 0 Å². The summed E-state index contributed by atoms with van der Waals surface area (Å²) in [5, 5.41) is 8.61. The van der Waals surface area contributed by atoms with Crippen molar-refractivity contribution in [3.8, 4) is 5.88 Å². The van der Waals surface area contributed by atoms with E-state index in [0.717, 1.165) is 0 Å². The number of aromatic carboxylic acids is 1. The fourth-order valence-corrected chi connectivity index (χ4v) is 0.714. The van der Waals surface area contributed by atoms with Crippen LogP contribution in [0.15, 0.2) is 12.4 Å². The Bertz CT molecular complexity index is 288. The van der Waals surface area contributed by atoms with E-state index < -0.39 is 5.97 Å². The van der Waals surface area contributed by atoms with E-state index in [1.165, 1.54) is 12.4 Å². The van der Waals surface area contributed by atoms with E-state index in [4.69, 9.17) is 9.84 Å². The number of carboxylic acid groups (broad SMARTS) is 1. The van der Waals surface area contributed by atoms with Gasteiger partial charge in [-0.1, -0.05) is 0 Å². The van der Waals surface area contributed by atoms with Crippen LogP contribution in [0.5, 0.6) is 5.88 Å². The van der Waals surface area contributed by atoms with Gasteiger partial charge in [-0.15, -0.1) is 0 Å². The Kier molecular flexibility index (Phi) is 2.57. The average Bonchev–Trinajstić information content (AvgIpc) is 2.05. The summed E-state index contributed by atoms with van der Waals surface area (Å²) < 4.78 is 4.94. The van der Waals surface area contributed by atoms with Gasteiger partial charge in [-0.25, -0.2) is 14.8 Å². The molecule has 5 heteroatoms. The first-order valence-corrected chi connectivity index (χ1v) is 3.42. The molecule has 0 unspecified atom stereocenters. The second kappa shape index (κ2) is 3.66. The Morgan fingerprint density at radius 1 is 1.58 bits per heavy atom. The molecule has 1 N–H and O–H groups in total. The van der Waals surface area contributed by atoms with Crippen LogP contribution >= 0.6 is 0 Å². The maximum atomic E-state index is 10.5. The van der Waals surface area contributed by atoms with Gasteiger partial charge >= 0.3 is 5.97 Å². The highest BCUT2D eigenvalue weighted by molar-refractivity contribution is 5.87. The monoisotopic (exact) mass is 168 g/mol. The molecule has 1 rings (SSSR count). The zero-order valence-corrected chi connectivity index (χ0v) is 6.52. The van der Waals surface area contributed by atoms with Gasteiger partial charge in [-0.3, -0.25) is 0 Å². The van der Waals surface area contributed by atoms with E-state index in [0.29, 0.717) is 6.61 Å². The maximum Gasteiger partial charge on any atom is 0.360 e. The Morgan fingerprint density at radius 2 is 2.25 bits per heavy atom. The first-order chi connectivity index (χ1) is 5.75. The molecule has 0 fully saturated rings. The first kappa shape index (κ1) is 8.45. The molecule has 0 spiro atoms. The highest BCUT2D eigenvalue weighted by Gasteiger charge is 2.12. The van der Waals surface area contributed by atoms with Crippen molar-refractivity contribution in [3.05, 3.63) is 18.1 Å². The van der Waals surface area contributed by atoms with Crippen LogP contribution in [0.4, 0.5) is 0 Å². The number of rotatable bonds is 3. The Labute approximate surface area is 69.0 Å². The number of carboxylic acids is 1. The van der Waals surface area contributed by atoms with Crippen molar-refractivity contribution in [1.82, 2.24) is 9.97 Å². The predicted molar refractivity (Wildman–Crippen MR) is 40.2 cm³/mol. The second-order valence-corrected chi connectivity index (χ2v) is 1.95.